The van der Waals surface area contributed by atoms with E-state index in [9.17, 15) is 4.79 Å². The van der Waals surface area contributed by atoms with E-state index in [1.54, 1.807) is 12.3 Å². The van der Waals surface area contributed by atoms with Crippen LogP contribution in [0.3, 0.4) is 0 Å². The van der Waals surface area contributed by atoms with Gasteiger partial charge in [0, 0.05) is 25.2 Å². The van der Waals surface area contributed by atoms with Gasteiger partial charge in [-0.1, -0.05) is 72.6 Å². The predicted molar refractivity (Wildman–Crippen MR) is 152 cm³/mol. The molecule has 0 bridgehead atoms. The smallest absolute Gasteiger partial charge is 0.407 e. The largest absolute Gasteiger partial charge is 0.470 e. The molecule has 0 aliphatic carbocycles. The summed E-state index contributed by atoms with van der Waals surface area (Å²) in [5.74, 6) is 1.13. The molecule has 2 heterocycles. The van der Waals surface area contributed by atoms with E-state index in [1.165, 1.54) is 0 Å². The number of hydrogen-bond donors (Lipinski definition) is 1. The fourth-order valence-corrected chi connectivity index (χ4v) is 4.67. The summed E-state index contributed by atoms with van der Waals surface area (Å²) >= 11 is 12.7. The Kier molecular flexibility index (Phi) is 8.68. The second-order valence-corrected chi connectivity index (χ2v) is 11.7. The lowest BCUT2D eigenvalue weighted by molar-refractivity contribution is 0.0495. The predicted octanol–water partition coefficient (Wildman–Crippen LogP) is 7.16. The van der Waals surface area contributed by atoms with Crippen molar-refractivity contribution in [3.8, 4) is 17.1 Å². The SMILES string of the molecule is CC1(CNC(=O)OC(C)(C)C)CCN(c2ncc(-c3cccc(Cl)c3Cl)nc2OCc2ccccc2)CC1. The Hall–Kier alpha value is -3.03. The quantitative estimate of drug-likeness (QED) is 0.332. The Labute approximate surface area is 234 Å². The molecule has 0 unspecified atom stereocenters. The lowest BCUT2D eigenvalue weighted by Crippen LogP contribution is -2.46. The van der Waals surface area contributed by atoms with E-state index in [1.807, 2.05) is 63.2 Å². The fraction of sp³-hybridized carbons (Fsp3) is 0.414. The second kappa shape index (κ2) is 11.8. The van der Waals surface area contributed by atoms with Gasteiger partial charge in [0.2, 0.25) is 0 Å². The number of carbonyl (C=O) groups excluding carboxylic acids is 1. The van der Waals surface area contributed by atoms with Gasteiger partial charge in [0.25, 0.3) is 5.88 Å². The standard InChI is InChI=1S/C29H34Cl2N4O3/c1-28(2,3)38-27(36)33-19-29(4)13-15-35(16-14-29)25-26(37-18-20-9-6-5-7-10-20)34-23(17-32-25)21-11-8-12-22(30)24(21)31/h5-12,17H,13-16,18-19H2,1-4H3,(H,33,36). The van der Waals surface area contributed by atoms with Gasteiger partial charge in [-0.3, -0.25) is 0 Å². The first kappa shape index (κ1) is 28.0. The summed E-state index contributed by atoms with van der Waals surface area (Å²) in [5, 5.41) is 3.82. The molecule has 1 aromatic heterocycles. The monoisotopic (exact) mass is 556 g/mol. The fourth-order valence-electron chi connectivity index (χ4n) is 4.27. The minimum absolute atomic E-state index is 0.0554. The third-order valence-corrected chi connectivity index (χ3v) is 7.32. The van der Waals surface area contributed by atoms with Crippen LogP contribution in [-0.2, 0) is 11.3 Å². The first-order valence-electron chi connectivity index (χ1n) is 12.7. The van der Waals surface area contributed by atoms with Crippen LogP contribution in [0.2, 0.25) is 10.0 Å². The number of alkyl carbamates (subject to hydrolysis) is 1. The Bertz CT molecular complexity index is 1260. The van der Waals surface area contributed by atoms with Crippen molar-refractivity contribution in [1.82, 2.24) is 15.3 Å². The number of ether oxygens (including phenoxy) is 2. The van der Waals surface area contributed by atoms with Gasteiger partial charge in [0.05, 0.1) is 21.9 Å². The van der Waals surface area contributed by atoms with Gasteiger partial charge in [-0.05, 0) is 50.7 Å². The number of carbonyl (C=O) groups is 1. The van der Waals surface area contributed by atoms with Gasteiger partial charge in [-0.15, -0.1) is 0 Å². The highest BCUT2D eigenvalue weighted by molar-refractivity contribution is 6.43. The summed E-state index contributed by atoms with van der Waals surface area (Å²) in [6, 6.07) is 15.4. The summed E-state index contributed by atoms with van der Waals surface area (Å²) in [4.78, 5) is 23.9. The Morgan fingerprint density at radius 1 is 1.08 bits per heavy atom. The lowest BCUT2D eigenvalue weighted by atomic mass is 9.80. The zero-order valence-electron chi connectivity index (χ0n) is 22.3. The third-order valence-electron chi connectivity index (χ3n) is 6.50. The molecule has 0 spiro atoms. The van der Waals surface area contributed by atoms with E-state index in [4.69, 9.17) is 42.6 Å². The molecule has 1 saturated heterocycles. The number of halogens is 2. The molecule has 4 rings (SSSR count). The number of amides is 1. The van der Waals surface area contributed by atoms with Crippen molar-refractivity contribution in [1.29, 1.82) is 0 Å². The van der Waals surface area contributed by atoms with Crippen LogP contribution in [0.25, 0.3) is 11.3 Å². The molecule has 3 aromatic rings. The minimum Gasteiger partial charge on any atom is -0.470 e. The average Bonchev–Trinajstić information content (AvgIpc) is 2.88. The Balaban J connectivity index is 1.51. The highest BCUT2D eigenvalue weighted by Gasteiger charge is 2.33. The van der Waals surface area contributed by atoms with Crippen LogP contribution in [0.5, 0.6) is 5.88 Å². The molecule has 2 aromatic carbocycles. The summed E-state index contributed by atoms with van der Waals surface area (Å²) < 4.78 is 11.6. The molecule has 1 aliphatic rings. The molecule has 9 heteroatoms. The zero-order valence-corrected chi connectivity index (χ0v) is 23.8. The maximum atomic E-state index is 12.2. The molecular weight excluding hydrogens is 523 g/mol. The number of nitrogens with zero attached hydrogens (tertiary/aromatic N) is 3. The number of aromatic nitrogens is 2. The second-order valence-electron chi connectivity index (χ2n) is 10.9. The van der Waals surface area contributed by atoms with Crippen LogP contribution in [0.15, 0.2) is 54.7 Å². The van der Waals surface area contributed by atoms with Crippen LogP contribution >= 0.6 is 23.2 Å². The first-order chi connectivity index (χ1) is 18.0. The molecule has 1 N–H and O–H groups in total. The maximum absolute atomic E-state index is 12.2. The van der Waals surface area contributed by atoms with Gasteiger partial charge in [-0.25, -0.2) is 14.8 Å². The van der Waals surface area contributed by atoms with Crippen molar-refractivity contribution in [2.24, 2.45) is 5.41 Å². The van der Waals surface area contributed by atoms with Gasteiger partial charge >= 0.3 is 6.09 Å². The van der Waals surface area contributed by atoms with Gasteiger partial charge in [0.15, 0.2) is 5.82 Å². The van der Waals surface area contributed by atoms with Crippen molar-refractivity contribution in [2.75, 3.05) is 24.5 Å². The first-order valence-corrected chi connectivity index (χ1v) is 13.5. The van der Waals surface area contributed by atoms with Crippen LogP contribution in [0.1, 0.15) is 46.1 Å². The van der Waals surface area contributed by atoms with Crippen molar-refractivity contribution in [2.45, 2.75) is 52.7 Å². The molecule has 0 atom stereocenters. The van der Waals surface area contributed by atoms with Gasteiger partial charge < -0.3 is 19.7 Å². The van der Waals surface area contributed by atoms with Crippen molar-refractivity contribution >= 4 is 35.1 Å². The molecule has 0 saturated carbocycles. The highest BCUT2D eigenvalue weighted by atomic mass is 35.5. The lowest BCUT2D eigenvalue weighted by Gasteiger charge is -2.40. The molecule has 1 aliphatic heterocycles. The van der Waals surface area contributed by atoms with Crippen LogP contribution in [0, 0.1) is 5.41 Å². The number of rotatable bonds is 7. The topological polar surface area (TPSA) is 76.6 Å². The molecule has 202 valence electrons. The van der Waals surface area contributed by atoms with Crippen LogP contribution in [-0.4, -0.2) is 41.3 Å². The summed E-state index contributed by atoms with van der Waals surface area (Å²) in [6.07, 6.45) is 3.05. The van der Waals surface area contributed by atoms with Gasteiger partial charge in [0.1, 0.15) is 12.2 Å². The van der Waals surface area contributed by atoms with Gasteiger partial charge in [-0.2, -0.15) is 0 Å². The third kappa shape index (κ3) is 7.29. The Morgan fingerprint density at radius 2 is 1.79 bits per heavy atom. The molecular formula is C29H34Cl2N4O3. The minimum atomic E-state index is -0.523. The number of piperidine rings is 1. The molecule has 7 nitrogen and oxygen atoms in total. The Morgan fingerprint density at radius 3 is 2.47 bits per heavy atom. The van der Waals surface area contributed by atoms with E-state index >= 15 is 0 Å². The van der Waals surface area contributed by atoms with E-state index in [-0.39, 0.29) is 11.5 Å². The summed E-state index contributed by atoms with van der Waals surface area (Å²) in [6.45, 7) is 10.2. The molecule has 1 fully saturated rings. The van der Waals surface area contributed by atoms with Crippen molar-refractivity contribution < 1.29 is 14.3 Å². The number of nitrogens with one attached hydrogen (secondary N) is 1. The molecule has 38 heavy (non-hydrogen) atoms. The number of hydrogen-bond acceptors (Lipinski definition) is 6. The van der Waals surface area contributed by atoms with Crippen LogP contribution < -0.4 is 15.0 Å². The highest BCUT2D eigenvalue weighted by Crippen LogP contribution is 2.37. The van der Waals surface area contributed by atoms with E-state index < -0.39 is 5.60 Å². The van der Waals surface area contributed by atoms with E-state index in [0.717, 1.165) is 31.5 Å². The summed E-state index contributed by atoms with van der Waals surface area (Å²) in [7, 11) is 0. The summed E-state index contributed by atoms with van der Waals surface area (Å²) in [5.41, 5.74) is 1.74. The van der Waals surface area contributed by atoms with E-state index in [0.29, 0.717) is 46.2 Å². The maximum Gasteiger partial charge on any atom is 0.407 e. The van der Waals surface area contributed by atoms with E-state index in [2.05, 4.69) is 17.1 Å². The normalized spacial score (nSPS) is 15.2. The zero-order chi connectivity index (χ0) is 27.3. The molecule has 1 amide bonds. The van der Waals surface area contributed by atoms with Crippen LogP contribution in [0.4, 0.5) is 10.6 Å². The molecule has 0 radical (unpaired) electrons. The number of anilines is 1. The van der Waals surface area contributed by atoms with Crippen molar-refractivity contribution in [3.05, 3.63) is 70.3 Å². The number of benzene rings is 2. The average molecular weight is 558 g/mol. The van der Waals surface area contributed by atoms with Crippen molar-refractivity contribution in [3.63, 3.8) is 0 Å².